The molecule has 10 N–H and O–H groups in total. The van der Waals surface area contributed by atoms with Crippen LogP contribution in [0.3, 0.4) is 0 Å². The molecule has 14 nitrogen and oxygen atoms in total. The fourth-order valence-electron chi connectivity index (χ4n) is 18.1. The maximum atomic E-state index is 13.6. The van der Waals surface area contributed by atoms with Gasteiger partial charge in [0.2, 0.25) is 0 Å². The number of hydrogen-bond donors (Lipinski definition) is 10. The summed E-state index contributed by atoms with van der Waals surface area (Å²) in [6.07, 6.45) is 6.41. The van der Waals surface area contributed by atoms with Gasteiger partial charge in [0.15, 0.2) is 11.6 Å². The molecule has 15 heteroatoms. The molecule has 0 radical (unpaired) electrons. The average Bonchev–Trinajstić information content (AvgIpc) is 3.92. The third-order valence-electron chi connectivity index (χ3n) is 22.7. The Morgan fingerprint density at radius 2 is 1.12 bits per heavy atom. The lowest BCUT2D eigenvalue weighted by atomic mass is 9.45. The number of carbonyl (C=O) groups excluding carboxylic acids is 2. The van der Waals surface area contributed by atoms with Gasteiger partial charge in [-0.05, 0) is 208 Å². The summed E-state index contributed by atoms with van der Waals surface area (Å²) in [5.41, 5.74) is -6.29. The van der Waals surface area contributed by atoms with Gasteiger partial charge in [-0.25, -0.2) is 0 Å². The van der Waals surface area contributed by atoms with Crippen LogP contribution in [0, 0.1) is 57.2 Å². The molecule has 2 unspecified atom stereocenters. The first-order valence-electron chi connectivity index (χ1n) is 28.5. The summed E-state index contributed by atoms with van der Waals surface area (Å²) in [4.78, 5) is 26.8. The van der Waals surface area contributed by atoms with E-state index in [2.05, 4.69) is 20.8 Å². The number of carbonyl (C=O) groups is 2. The van der Waals surface area contributed by atoms with E-state index in [1.165, 1.54) is 0 Å². The van der Waals surface area contributed by atoms with E-state index in [-0.39, 0.29) is 72.4 Å². The van der Waals surface area contributed by atoms with E-state index in [1.54, 1.807) is 32.9 Å². The molecular formula is C60H91BO14. The molecular weight excluding hydrogens is 955 g/mol. The molecule has 1 heterocycles. The summed E-state index contributed by atoms with van der Waals surface area (Å²) in [5.74, 6) is -1.40. The predicted molar refractivity (Wildman–Crippen MR) is 283 cm³/mol. The molecule has 0 bridgehead atoms. The Labute approximate surface area is 445 Å². The molecule has 9 aliphatic rings. The molecule has 8 aliphatic carbocycles. The smallest absolute Gasteiger partial charge is 0.402 e. The van der Waals surface area contributed by atoms with Crippen LogP contribution in [-0.4, -0.2) is 140 Å². The number of hydrogen-bond acceptors (Lipinski definition) is 14. The molecule has 10 rings (SSSR count). The molecule has 6 saturated carbocycles. The Hall–Kier alpha value is -2.38. The molecule has 1 saturated heterocycles. The van der Waals surface area contributed by atoms with Gasteiger partial charge < -0.3 is 60.4 Å². The van der Waals surface area contributed by atoms with Crippen LogP contribution in [0.5, 0.6) is 0 Å². The van der Waals surface area contributed by atoms with Crippen LogP contribution < -0.4 is 5.46 Å². The fourth-order valence-corrected chi connectivity index (χ4v) is 18.1. The van der Waals surface area contributed by atoms with Crippen molar-refractivity contribution in [3.05, 3.63) is 53.6 Å². The van der Waals surface area contributed by atoms with Gasteiger partial charge >= 0.3 is 7.12 Å². The highest BCUT2D eigenvalue weighted by Crippen LogP contribution is 2.71. The van der Waals surface area contributed by atoms with Gasteiger partial charge in [-0.2, -0.15) is 0 Å². The lowest BCUT2D eigenvalue weighted by molar-refractivity contribution is -0.177. The van der Waals surface area contributed by atoms with Gasteiger partial charge in [0.25, 0.3) is 0 Å². The first-order chi connectivity index (χ1) is 34.6. The first-order valence-corrected chi connectivity index (χ1v) is 28.5. The summed E-state index contributed by atoms with van der Waals surface area (Å²) in [6, 6.07) is 9.93. The quantitative estimate of drug-likeness (QED) is 0.136. The largest absolute Gasteiger partial charge is 0.494 e. The summed E-state index contributed by atoms with van der Waals surface area (Å²) >= 11 is 0. The van der Waals surface area contributed by atoms with Crippen molar-refractivity contribution in [1.29, 1.82) is 0 Å². The second kappa shape index (κ2) is 19.1. The molecule has 20 atom stereocenters. The van der Waals surface area contributed by atoms with E-state index < -0.39 is 92.9 Å². The van der Waals surface area contributed by atoms with Crippen LogP contribution in [0.25, 0.3) is 0 Å². The number of rotatable bonds is 10. The van der Waals surface area contributed by atoms with Crippen LogP contribution >= 0.6 is 0 Å². The van der Waals surface area contributed by atoms with Crippen molar-refractivity contribution in [3.8, 4) is 0 Å². The maximum Gasteiger partial charge on any atom is 0.494 e. The lowest BCUT2D eigenvalue weighted by Crippen LogP contribution is -2.62. The SMILES string of the molecule is CC(C)(O)CC[C@@H](O)[C@](C)(O)[C@H]1CC[C@@]2(O)C3=CC(=O)[C@@H]4C[C@@H](O)[C@@H](O)C[C@]4(C)C3CC[C@]12C.CC(C)(O)CC[C@H]1OB(c2ccccc2)O[C@]1(C)[C@H]1CC[C@@]2(O)C3=CC(=O)[C@@H]4C[C@@H](O)[C@@H](O)C[C@]4(C)C3CC[C@]12C. The van der Waals surface area contributed by atoms with Gasteiger partial charge in [0.05, 0.1) is 70.2 Å². The standard InChI is InChI=1S/C33H47BO7.C27H44O7/c1-29(2,38)14-13-28-32(5,41-34(40-28)20-9-7-6-8-10-20)27-12-16-33(39)22-17-24(35)23-18-25(36)26(37)19-30(23,3)21(22)11-15-31(27,33)4;1-23(2,32)9-8-22(31)26(5,33)21-7-11-27(34)16-12-18(28)17-13-19(29)20(30)14-24(17,3)15(16)6-10-25(21,27)4/h6-10,17,21,23,25-28,36-39H,11-16,18-19H2,1-5H3;12,15,17,19-22,29-34H,6-11,13-14H2,1-5H3/t21?,23-,25+,26-,27-,28+,30+,31+,32+,33+;15?,17-,19+,20-,21-,22+,24+,25+,26+,27+/m00/s1. The second-order valence-corrected chi connectivity index (χ2v) is 28.3. The van der Waals surface area contributed by atoms with E-state index in [0.717, 1.165) is 30.3 Å². The summed E-state index contributed by atoms with van der Waals surface area (Å²) < 4.78 is 13.5. The van der Waals surface area contributed by atoms with E-state index in [4.69, 9.17) is 9.31 Å². The Morgan fingerprint density at radius 1 is 0.640 bits per heavy atom. The average molecular weight is 1050 g/mol. The van der Waals surface area contributed by atoms with Gasteiger partial charge in [-0.1, -0.05) is 58.0 Å². The highest BCUT2D eigenvalue weighted by Gasteiger charge is 2.72. The van der Waals surface area contributed by atoms with Gasteiger partial charge in [0.1, 0.15) is 0 Å². The van der Waals surface area contributed by atoms with Crippen LogP contribution in [0.2, 0.25) is 0 Å². The van der Waals surface area contributed by atoms with Crippen molar-refractivity contribution in [2.45, 2.75) is 242 Å². The van der Waals surface area contributed by atoms with Crippen molar-refractivity contribution >= 4 is 24.1 Å². The minimum Gasteiger partial charge on any atom is -0.402 e. The Bertz CT molecular complexity index is 2400. The minimum atomic E-state index is -1.46. The van der Waals surface area contributed by atoms with Crippen molar-refractivity contribution in [2.75, 3.05) is 0 Å². The number of ketones is 2. The maximum absolute atomic E-state index is 13.6. The van der Waals surface area contributed by atoms with E-state index in [1.807, 2.05) is 58.0 Å². The van der Waals surface area contributed by atoms with Crippen LogP contribution in [0.4, 0.5) is 0 Å². The fraction of sp³-hybridized carbons (Fsp3) is 0.800. The van der Waals surface area contributed by atoms with Gasteiger partial charge in [-0.3, -0.25) is 9.59 Å². The Morgan fingerprint density at radius 3 is 1.63 bits per heavy atom. The normalized spacial score (nSPS) is 46.6. The number of aliphatic hydroxyl groups is 10. The molecule has 1 aliphatic heterocycles. The highest BCUT2D eigenvalue weighted by molar-refractivity contribution is 6.62. The zero-order valence-electron chi connectivity index (χ0n) is 46.5. The molecule has 0 amide bonds. The third kappa shape index (κ3) is 9.17. The van der Waals surface area contributed by atoms with Crippen molar-refractivity contribution in [2.24, 2.45) is 57.2 Å². The zero-order chi connectivity index (χ0) is 55.1. The molecule has 0 aromatic heterocycles. The zero-order valence-corrected chi connectivity index (χ0v) is 46.5. The molecule has 1 aromatic carbocycles. The monoisotopic (exact) mass is 1050 g/mol. The number of aliphatic hydroxyl groups excluding tert-OH is 5. The lowest BCUT2D eigenvalue weighted by Gasteiger charge is -2.60. The van der Waals surface area contributed by atoms with Crippen molar-refractivity contribution in [3.63, 3.8) is 0 Å². The molecule has 418 valence electrons. The van der Waals surface area contributed by atoms with Crippen LogP contribution in [-0.2, 0) is 18.9 Å². The summed E-state index contributed by atoms with van der Waals surface area (Å²) in [5, 5.41) is 110. The van der Waals surface area contributed by atoms with Crippen LogP contribution in [0.15, 0.2) is 53.6 Å². The number of benzene rings is 1. The Balaban J connectivity index is 0.000000187. The topological polar surface area (TPSA) is 255 Å². The van der Waals surface area contributed by atoms with Crippen molar-refractivity contribution in [1.82, 2.24) is 0 Å². The van der Waals surface area contributed by atoms with Crippen molar-refractivity contribution < 1.29 is 70.0 Å². The van der Waals surface area contributed by atoms with E-state index >= 15 is 0 Å². The summed E-state index contributed by atoms with van der Waals surface area (Å²) in [7, 11) is -0.535. The van der Waals surface area contributed by atoms with Crippen LogP contribution in [0.1, 0.15) is 172 Å². The molecule has 0 spiro atoms. The van der Waals surface area contributed by atoms with Gasteiger partial charge in [0, 0.05) is 22.7 Å². The number of fused-ring (bicyclic) bond motifs is 10. The predicted octanol–water partition coefficient (Wildman–Crippen LogP) is 5.17. The van der Waals surface area contributed by atoms with Gasteiger partial charge in [-0.15, -0.1) is 0 Å². The molecule has 7 fully saturated rings. The molecule has 75 heavy (non-hydrogen) atoms. The first kappa shape index (κ1) is 57.3. The minimum absolute atomic E-state index is 0.0271. The summed E-state index contributed by atoms with van der Waals surface area (Å²) in [6.45, 7) is 18.9. The van der Waals surface area contributed by atoms with E-state index in [9.17, 15) is 60.7 Å². The molecule has 1 aromatic rings. The second-order valence-electron chi connectivity index (χ2n) is 28.3. The van der Waals surface area contributed by atoms with E-state index in [0.29, 0.717) is 69.8 Å². The number of allylic oxidation sites excluding steroid dienone is 2. The third-order valence-corrected chi connectivity index (χ3v) is 22.7. The Kier molecular flexibility index (Phi) is 14.6. The highest BCUT2D eigenvalue weighted by atomic mass is 16.7.